The Balaban J connectivity index is 1.98. The molecule has 28 heavy (non-hydrogen) atoms. The van der Waals surface area contributed by atoms with Gasteiger partial charge in [-0.2, -0.15) is 8.78 Å². The monoisotopic (exact) mass is 397 g/mol. The van der Waals surface area contributed by atoms with E-state index in [1.807, 2.05) is 0 Å². The number of alkyl halides is 2. The third-order valence-corrected chi connectivity index (χ3v) is 3.49. The first kappa shape index (κ1) is 21.1. The molecular weight excluding hydrogens is 379 g/mol. The SMILES string of the molecule is CCOc1cc(C(=O)OCC(=O)Nc2ccc(C)c(F)c2)ccc1OC(F)F. The van der Waals surface area contributed by atoms with E-state index < -0.39 is 30.9 Å². The van der Waals surface area contributed by atoms with E-state index in [0.717, 1.165) is 12.1 Å². The molecule has 150 valence electrons. The first-order valence-corrected chi connectivity index (χ1v) is 8.25. The molecule has 2 aromatic carbocycles. The van der Waals surface area contributed by atoms with Crippen molar-refractivity contribution in [2.45, 2.75) is 20.5 Å². The smallest absolute Gasteiger partial charge is 0.387 e. The normalized spacial score (nSPS) is 10.5. The Morgan fingerprint density at radius 1 is 1.11 bits per heavy atom. The number of benzene rings is 2. The molecule has 1 amide bonds. The standard InChI is InChI=1S/C19H18F3NO5/c1-3-26-16-8-12(5-7-15(16)28-19(21)22)18(25)27-10-17(24)23-13-6-4-11(2)14(20)9-13/h4-9,19H,3,10H2,1-2H3,(H,23,24). The minimum Gasteiger partial charge on any atom is -0.490 e. The lowest BCUT2D eigenvalue weighted by molar-refractivity contribution is -0.119. The van der Waals surface area contributed by atoms with Crippen molar-refractivity contribution in [2.24, 2.45) is 0 Å². The molecule has 2 aromatic rings. The average Bonchev–Trinajstić information content (AvgIpc) is 2.64. The number of carbonyl (C=O) groups is 2. The Kier molecular flexibility index (Phi) is 7.25. The van der Waals surface area contributed by atoms with Crippen LogP contribution in [0.25, 0.3) is 0 Å². The predicted molar refractivity (Wildman–Crippen MR) is 94.3 cm³/mol. The Morgan fingerprint density at radius 3 is 2.50 bits per heavy atom. The highest BCUT2D eigenvalue weighted by Crippen LogP contribution is 2.30. The van der Waals surface area contributed by atoms with Crippen LogP contribution >= 0.6 is 0 Å². The largest absolute Gasteiger partial charge is 0.490 e. The minimum atomic E-state index is -3.05. The van der Waals surface area contributed by atoms with E-state index >= 15 is 0 Å². The lowest BCUT2D eigenvalue weighted by Crippen LogP contribution is -2.21. The summed E-state index contributed by atoms with van der Waals surface area (Å²) in [5.74, 6) is -2.30. The van der Waals surface area contributed by atoms with Crippen LogP contribution in [0.3, 0.4) is 0 Å². The van der Waals surface area contributed by atoms with Gasteiger partial charge in [0.1, 0.15) is 5.82 Å². The second-order valence-electron chi connectivity index (χ2n) is 5.56. The summed E-state index contributed by atoms with van der Waals surface area (Å²) in [6.07, 6.45) is 0. The first-order chi connectivity index (χ1) is 13.3. The molecule has 0 saturated carbocycles. The summed E-state index contributed by atoms with van der Waals surface area (Å²) in [5.41, 5.74) is 0.629. The van der Waals surface area contributed by atoms with Crippen LogP contribution in [0.4, 0.5) is 18.9 Å². The van der Waals surface area contributed by atoms with Gasteiger partial charge >= 0.3 is 12.6 Å². The molecule has 0 heterocycles. The van der Waals surface area contributed by atoms with Crippen molar-refractivity contribution in [3.8, 4) is 11.5 Å². The number of ether oxygens (including phenoxy) is 3. The van der Waals surface area contributed by atoms with E-state index in [0.29, 0.717) is 5.56 Å². The Morgan fingerprint density at radius 2 is 1.86 bits per heavy atom. The molecule has 0 aromatic heterocycles. The summed E-state index contributed by atoms with van der Waals surface area (Å²) in [6, 6.07) is 7.67. The van der Waals surface area contributed by atoms with Crippen molar-refractivity contribution in [1.82, 2.24) is 0 Å². The minimum absolute atomic E-state index is 0.0146. The van der Waals surface area contributed by atoms with Gasteiger partial charge in [0.2, 0.25) is 0 Å². The van der Waals surface area contributed by atoms with Crippen molar-refractivity contribution in [1.29, 1.82) is 0 Å². The number of aryl methyl sites for hydroxylation is 1. The molecule has 0 bridgehead atoms. The predicted octanol–water partition coefficient (Wildman–Crippen LogP) is 3.93. The van der Waals surface area contributed by atoms with E-state index in [2.05, 4.69) is 10.1 Å². The van der Waals surface area contributed by atoms with E-state index in [1.165, 1.54) is 24.3 Å². The zero-order chi connectivity index (χ0) is 20.7. The van der Waals surface area contributed by atoms with Gasteiger partial charge in [-0.3, -0.25) is 4.79 Å². The molecule has 0 aliphatic carbocycles. The molecule has 0 aliphatic rings. The number of halogens is 3. The Labute approximate surface area is 159 Å². The van der Waals surface area contributed by atoms with Gasteiger partial charge < -0.3 is 19.5 Å². The number of hydrogen-bond donors (Lipinski definition) is 1. The molecular formula is C19H18F3NO5. The number of nitrogens with one attached hydrogen (secondary N) is 1. The zero-order valence-electron chi connectivity index (χ0n) is 15.1. The van der Waals surface area contributed by atoms with Crippen LogP contribution in [0.5, 0.6) is 11.5 Å². The number of rotatable bonds is 8. The van der Waals surface area contributed by atoms with Crippen molar-refractivity contribution in [3.63, 3.8) is 0 Å². The fourth-order valence-electron chi connectivity index (χ4n) is 2.18. The fraction of sp³-hybridized carbons (Fsp3) is 0.263. The third kappa shape index (κ3) is 5.90. The Bertz CT molecular complexity index is 857. The number of hydrogen-bond acceptors (Lipinski definition) is 5. The van der Waals surface area contributed by atoms with Gasteiger partial charge in [-0.25, -0.2) is 9.18 Å². The van der Waals surface area contributed by atoms with Gasteiger partial charge in [0.05, 0.1) is 12.2 Å². The van der Waals surface area contributed by atoms with E-state index in [1.54, 1.807) is 13.8 Å². The molecule has 0 aliphatic heterocycles. The first-order valence-electron chi connectivity index (χ1n) is 8.25. The molecule has 1 N–H and O–H groups in total. The summed E-state index contributed by atoms with van der Waals surface area (Å²) in [5, 5.41) is 2.39. The van der Waals surface area contributed by atoms with Crippen LogP contribution < -0.4 is 14.8 Å². The van der Waals surface area contributed by atoms with Crippen molar-refractivity contribution in [3.05, 3.63) is 53.3 Å². The fourth-order valence-corrected chi connectivity index (χ4v) is 2.18. The molecule has 0 saturated heterocycles. The average molecular weight is 397 g/mol. The van der Waals surface area contributed by atoms with Crippen LogP contribution in [-0.2, 0) is 9.53 Å². The number of carbonyl (C=O) groups excluding carboxylic acids is 2. The molecule has 0 fully saturated rings. The van der Waals surface area contributed by atoms with Crippen LogP contribution in [0.15, 0.2) is 36.4 Å². The number of anilines is 1. The lowest BCUT2D eigenvalue weighted by atomic mass is 10.2. The maximum absolute atomic E-state index is 13.5. The van der Waals surface area contributed by atoms with Crippen LogP contribution in [0.2, 0.25) is 0 Å². The molecule has 0 radical (unpaired) electrons. The van der Waals surface area contributed by atoms with Crippen LogP contribution in [-0.4, -0.2) is 31.7 Å². The van der Waals surface area contributed by atoms with Crippen LogP contribution in [0, 0.1) is 12.7 Å². The maximum atomic E-state index is 13.5. The summed E-state index contributed by atoms with van der Waals surface area (Å²) in [4.78, 5) is 23.9. The quantitative estimate of drug-likeness (QED) is 0.684. The third-order valence-electron chi connectivity index (χ3n) is 3.49. The van der Waals surface area contributed by atoms with Crippen molar-refractivity contribution >= 4 is 17.6 Å². The highest BCUT2D eigenvalue weighted by molar-refractivity contribution is 5.95. The molecule has 9 heteroatoms. The van der Waals surface area contributed by atoms with Gasteiger partial charge in [-0.05, 0) is 49.7 Å². The Hall–Kier alpha value is -3.23. The van der Waals surface area contributed by atoms with Gasteiger partial charge in [-0.1, -0.05) is 6.07 Å². The second-order valence-corrected chi connectivity index (χ2v) is 5.56. The van der Waals surface area contributed by atoms with Crippen molar-refractivity contribution in [2.75, 3.05) is 18.5 Å². The van der Waals surface area contributed by atoms with Crippen LogP contribution in [0.1, 0.15) is 22.8 Å². The maximum Gasteiger partial charge on any atom is 0.387 e. The van der Waals surface area contributed by atoms with Gasteiger partial charge in [-0.15, -0.1) is 0 Å². The molecule has 6 nitrogen and oxygen atoms in total. The van der Waals surface area contributed by atoms with E-state index in [9.17, 15) is 22.8 Å². The van der Waals surface area contributed by atoms with Crippen molar-refractivity contribution < 1.29 is 37.0 Å². The van der Waals surface area contributed by atoms with E-state index in [4.69, 9.17) is 9.47 Å². The van der Waals surface area contributed by atoms with E-state index in [-0.39, 0.29) is 29.4 Å². The summed E-state index contributed by atoms with van der Waals surface area (Å²) in [6.45, 7) is -0.291. The molecule has 0 unspecified atom stereocenters. The topological polar surface area (TPSA) is 73.9 Å². The number of amides is 1. The van der Waals surface area contributed by atoms with Gasteiger partial charge in [0, 0.05) is 5.69 Å². The second kappa shape index (κ2) is 9.63. The molecule has 0 spiro atoms. The summed E-state index contributed by atoms with van der Waals surface area (Å²) >= 11 is 0. The highest BCUT2D eigenvalue weighted by atomic mass is 19.3. The highest BCUT2D eigenvalue weighted by Gasteiger charge is 2.16. The lowest BCUT2D eigenvalue weighted by Gasteiger charge is -2.12. The zero-order valence-corrected chi connectivity index (χ0v) is 15.1. The number of esters is 1. The molecule has 0 atom stereocenters. The van der Waals surface area contributed by atoms with Gasteiger partial charge in [0.15, 0.2) is 18.1 Å². The summed E-state index contributed by atoms with van der Waals surface area (Å²) in [7, 11) is 0. The summed E-state index contributed by atoms with van der Waals surface area (Å²) < 4.78 is 52.6. The van der Waals surface area contributed by atoms with Gasteiger partial charge in [0.25, 0.3) is 5.91 Å². The molecule has 2 rings (SSSR count).